The van der Waals surface area contributed by atoms with Crippen LogP contribution in [0.1, 0.15) is 19.3 Å². The topological polar surface area (TPSA) is 3.88 Å². The Morgan fingerprint density at radius 3 is 2.67 bits per heavy atom. The van der Waals surface area contributed by atoms with E-state index in [1.807, 2.05) is 36.0 Å². The van der Waals surface area contributed by atoms with Crippen LogP contribution in [0.2, 0.25) is 0 Å². The van der Waals surface area contributed by atoms with E-state index in [4.69, 9.17) is 6.85 Å². The molecule has 0 spiro atoms. The molecule has 1 aromatic carbocycles. The Kier molecular flexibility index (Phi) is 1.55. The fourth-order valence-corrected chi connectivity index (χ4v) is 1.55. The molecule has 0 radical (unpaired) electrons. The number of benzene rings is 1. The van der Waals surface area contributed by atoms with Crippen LogP contribution in [0.3, 0.4) is 0 Å². The van der Waals surface area contributed by atoms with Gasteiger partial charge in [0.2, 0.25) is 5.69 Å². The minimum Gasteiger partial charge on any atom is -0.201 e. The first-order chi connectivity index (χ1) is 9.23. The molecule has 2 rings (SSSR count). The zero-order valence-corrected chi connectivity index (χ0v) is 8.57. The second-order valence-electron chi connectivity index (χ2n) is 3.40. The molecule has 1 heterocycles. The first kappa shape index (κ1) is 5.45. The van der Waals surface area contributed by atoms with Crippen molar-refractivity contribution < 1.29 is 11.4 Å². The van der Waals surface area contributed by atoms with Crippen LogP contribution in [0.15, 0.2) is 48.7 Å². The van der Waals surface area contributed by atoms with Gasteiger partial charge in [0.1, 0.15) is 7.05 Å². The molecule has 0 aliphatic carbocycles. The predicted molar refractivity (Wildman–Crippen MR) is 62.4 cm³/mol. The molecule has 15 heavy (non-hydrogen) atoms. The van der Waals surface area contributed by atoms with Crippen LogP contribution in [0.5, 0.6) is 0 Å². The summed E-state index contributed by atoms with van der Waals surface area (Å²) in [5.41, 5.74) is 2.06. The molecule has 1 nitrogen and oxygen atoms in total. The second-order valence-corrected chi connectivity index (χ2v) is 3.40. The Morgan fingerprint density at radius 1 is 1.20 bits per heavy atom. The summed E-state index contributed by atoms with van der Waals surface area (Å²) in [5, 5.41) is 0. The monoisotopic (exact) mass is 203 g/mol. The Bertz CT molecular complexity index is 602. The molecular weight excluding hydrogens is 182 g/mol. The third-order valence-corrected chi connectivity index (χ3v) is 2.38. The number of aromatic nitrogens is 1. The van der Waals surface area contributed by atoms with Crippen LogP contribution in [0.25, 0.3) is 11.3 Å². The smallest absolute Gasteiger partial charge is 0.201 e. The number of hydrogen-bond acceptors (Lipinski definition) is 0. The van der Waals surface area contributed by atoms with E-state index in [0.29, 0.717) is 0 Å². The minimum absolute atomic E-state index is 0.167. The molecule has 0 unspecified atom stereocenters. The third-order valence-electron chi connectivity index (χ3n) is 2.38. The molecule has 1 aromatic heterocycles. The zero-order valence-electron chi connectivity index (χ0n) is 13.6. The second kappa shape index (κ2) is 4.26. The lowest BCUT2D eigenvalue weighted by molar-refractivity contribution is -0.660. The molecule has 0 amide bonds. The van der Waals surface area contributed by atoms with Gasteiger partial charge >= 0.3 is 0 Å². The van der Waals surface area contributed by atoms with E-state index in [-0.39, 0.29) is 5.56 Å². The highest BCUT2D eigenvalue weighted by Crippen LogP contribution is 2.15. The molecule has 0 bridgehead atoms. The Labute approximate surface area is 98.0 Å². The maximum absolute atomic E-state index is 7.74. The quantitative estimate of drug-likeness (QED) is 0.661. The summed E-state index contributed by atoms with van der Waals surface area (Å²) < 4.78 is 39.3. The number of nitrogens with zero attached hydrogens (tertiary/aromatic N) is 1. The molecule has 0 aliphatic rings. The van der Waals surface area contributed by atoms with Crippen molar-refractivity contribution in [2.24, 2.45) is 7.05 Å². The summed E-state index contributed by atoms with van der Waals surface area (Å²) in [6, 6.07) is 12.4. The van der Waals surface area contributed by atoms with Crippen LogP contribution >= 0.6 is 0 Å². The van der Waals surface area contributed by atoms with Crippen LogP contribution < -0.4 is 4.57 Å². The van der Waals surface area contributed by atoms with Crippen molar-refractivity contribution in [1.82, 2.24) is 0 Å². The van der Waals surface area contributed by atoms with E-state index in [0.717, 1.165) is 11.3 Å². The number of pyridine rings is 1. The van der Waals surface area contributed by atoms with Gasteiger partial charge in [0, 0.05) is 24.5 Å². The summed E-state index contributed by atoms with van der Waals surface area (Å²) in [5.74, 6) is 0. The molecule has 0 aliphatic heterocycles. The standard InChI is InChI=1S/C14H16N/c1-3-12-7-9-13(10-8-12)14-6-4-5-11-15(14)2/h4-11H,3H2,1-2H3/q+1/i1D3,3D2. The summed E-state index contributed by atoms with van der Waals surface area (Å²) in [6.45, 7) is -2.67. The Morgan fingerprint density at radius 2 is 2.00 bits per heavy atom. The van der Waals surface area contributed by atoms with Gasteiger partial charge in [0.25, 0.3) is 0 Å². The molecule has 0 saturated carbocycles. The lowest BCUT2D eigenvalue weighted by Gasteiger charge is -2.01. The lowest BCUT2D eigenvalue weighted by Crippen LogP contribution is -2.29. The van der Waals surface area contributed by atoms with Gasteiger partial charge in [-0.3, -0.25) is 0 Å². The fourth-order valence-electron chi connectivity index (χ4n) is 1.55. The molecule has 0 atom stereocenters. The Hall–Kier alpha value is -1.63. The van der Waals surface area contributed by atoms with E-state index < -0.39 is 13.2 Å². The van der Waals surface area contributed by atoms with Gasteiger partial charge in [-0.1, -0.05) is 19.0 Å². The Balaban J connectivity index is 2.39. The SMILES string of the molecule is [2H]C([2H])([2H])C([2H])([2H])c1ccc(-c2cccc[n+]2C)cc1. The van der Waals surface area contributed by atoms with Gasteiger partial charge < -0.3 is 0 Å². The van der Waals surface area contributed by atoms with Crippen LogP contribution in [0, 0.1) is 0 Å². The zero-order chi connectivity index (χ0) is 15.0. The molecular formula is C14H16N+. The highest BCUT2D eigenvalue weighted by molar-refractivity contribution is 5.56. The number of aryl methyl sites for hydroxylation is 2. The average molecular weight is 203 g/mol. The third kappa shape index (κ3) is 2.07. The molecule has 1 heteroatoms. The predicted octanol–water partition coefficient (Wildman–Crippen LogP) is 2.74. The number of rotatable bonds is 2. The van der Waals surface area contributed by atoms with Gasteiger partial charge in [-0.2, -0.15) is 0 Å². The number of hydrogen-bond donors (Lipinski definition) is 0. The van der Waals surface area contributed by atoms with Crippen molar-refractivity contribution in [2.75, 3.05) is 0 Å². The van der Waals surface area contributed by atoms with E-state index in [2.05, 4.69) is 0 Å². The van der Waals surface area contributed by atoms with Gasteiger partial charge in [-0.15, -0.1) is 0 Å². The van der Waals surface area contributed by atoms with Gasteiger partial charge in [0.05, 0.1) is 0 Å². The summed E-state index contributed by atoms with van der Waals surface area (Å²) in [6.07, 6.45) is -0.421. The largest absolute Gasteiger partial charge is 0.212 e. The molecule has 0 saturated heterocycles. The van der Waals surface area contributed by atoms with E-state index in [1.165, 1.54) is 12.1 Å². The van der Waals surface area contributed by atoms with Crippen LogP contribution in [0.4, 0.5) is 0 Å². The summed E-state index contributed by atoms with van der Waals surface area (Å²) >= 11 is 0. The molecule has 76 valence electrons. The lowest BCUT2D eigenvalue weighted by atomic mass is 10.1. The highest BCUT2D eigenvalue weighted by atomic mass is 14.9. The van der Waals surface area contributed by atoms with Crippen molar-refractivity contribution >= 4 is 0 Å². The van der Waals surface area contributed by atoms with Crippen molar-refractivity contribution in [3.05, 3.63) is 54.2 Å². The van der Waals surface area contributed by atoms with Crippen molar-refractivity contribution in [3.8, 4) is 11.3 Å². The van der Waals surface area contributed by atoms with Gasteiger partial charge in [0.15, 0.2) is 6.20 Å². The molecule has 0 fully saturated rings. The maximum Gasteiger partial charge on any atom is 0.212 e. The first-order valence-corrected chi connectivity index (χ1v) is 4.79. The van der Waals surface area contributed by atoms with Crippen LogP contribution in [-0.4, -0.2) is 0 Å². The first-order valence-electron chi connectivity index (χ1n) is 7.29. The molecule has 2 aromatic rings. The van der Waals surface area contributed by atoms with Crippen LogP contribution in [-0.2, 0) is 13.4 Å². The molecule has 0 N–H and O–H groups in total. The van der Waals surface area contributed by atoms with Crippen molar-refractivity contribution in [1.29, 1.82) is 0 Å². The summed E-state index contributed by atoms with van der Waals surface area (Å²) in [4.78, 5) is 0. The van der Waals surface area contributed by atoms with Gasteiger partial charge in [-0.05, 0) is 30.1 Å². The van der Waals surface area contributed by atoms with E-state index in [9.17, 15) is 0 Å². The summed E-state index contributed by atoms with van der Waals surface area (Å²) in [7, 11) is 1.92. The normalized spacial score (nSPS) is 17.0. The highest BCUT2D eigenvalue weighted by Gasteiger charge is 2.06. The average Bonchev–Trinajstić information content (AvgIpc) is 2.38. The van der Waals surface area contributed by atoms with E-state index >= 15 is 0 Å². The maximum atomic E-state index is 7.74. The fraction of sp³-hybridized carbons (Fsp3) is 0.214. The van der Waals surface area contributed by atoms with Crippen molar-refractivity contribution in [3.63, 3.8) is 0 Å². The van der Waals surface area contributed by atoms with E-state index in [1.54, 1.807) is 12.1 Å². The van der Waals surface area contributed by atoms with Crippen molar-refractivity contribution in [2.45, 2.75) is 13.2 Å². The van der Waals surface area contributed by atoms with Gasteiger partial charge in [-0.25, -0.2) is 4.57 Å². The minimum atomic E-state index is -2.67.